The van der Waals surface area contributed by atoms with Crippen molar-refractivity contribution in [1.82, 2.24) is 9.97 Å². The van der Waals surface area contributed by atoms with Crippen LogP contribution in [0.15, 0.2) is 6.07 Å². The molecule has 8 heteroatoms. The van der Waals surface area contributed by atoms with Gasteiger partial charge in [0.05, 0.1) is 6.10 Å². The van der Waals surface area contributed by atoms with Crippen molar-refractivity contribution in [3.05, 3.63) is 11.8 Å². The summed E-state index contributed by atoms with van der Waals surface area (Å²) in [5.41, 5.74) is 4.09. The van der Waals surface area contributed by atoms with Crippen LogP contribution in [0.5, 0.6) is 0 Å². The fraction of sp³-hybridized carbons (Fsp3) is 0.667. The highest BCUT2D eigenvalue weighted by molar-refractivity contribution is 5.43. The number of nitrogens with two attached hydrogens (primary N) is 1. The maximum absolute atomic E-state index is 12.7. The molecule has 1 aliphatic carbocycles. The Kier molecular flexibility index (Phi) is 3.53. The summed E-state index contributed by atoms with van der Waals surface area (Å²) < 4.78 is 43.3. The molecule has 0 saturated heterocycles. The van der Waals surface area contributed by atoms with Gasteiger partial charge in [-0.25, -0.2) is 4.98 Å². The van der Waals surface area contributed by atoms with E-state index in [0.717, 1.165) is 6.07 Å². The minimum absolute atomic E-state index is 0.0252. The molecule has 112 valence electrons. The maximum atomic E-state index is 12.7. The Morgan fingerprint density at radius 1 is 1.40 bits per heavy atom. The second-order valence-corrected chi connectivity index (χ2v) is 5.47. The molecule has 5 nitrogen and oxygen atoms in total. The molecule has 2 rings (SSSR count). The van der Waals surface area contributed by atoms with Gasteiger partial charge in [-0.2, -0.15) is 18.2 Å². The number of methoxy groups -OCH3 is 1. The molecule has 0 aromatic carbocycles. The summed E-state index contributed by atoms with van der Waals surface area (Å²) in [5, 5.41) is 2.98. The molecule has 0 aliphatic heterocycles. The van der Waals surface area contributed by atoms with Gasteiger partial charge in [-0.15, -0.1) is 0 Å². The normalized spacial score (nSPS) is 25.1. The van der Waals surface area contributed by atoms with E-state index < -0.39 is 17.8 Å². The molecule has 1 fully saturated rings. The number of hydrogen-bond donors (Lipinski definition) is 2. The van der Waals surface area contributed by atoms with E-state index in [1.165, 1.54) is 0 Å². The Hall–Kier alpha value is -1.57. The van der Waals surface area contributed by atoms with E-state index in [1.54, 1.807) is 7.11 Å². The topological polar surface area (TPSA) is 73.1 Å². The molecule has 3 N–H and O–H groups in total. The Bertz CT molecular complexity index is 504. The Morgan fingerprint density at radius 2 is 2.05 bits per heavy atom. The van der Waals surface area contributed by atoms with Crippen LogP contribution in [0, 0.1) is 5.41 Å². The average molecular weight is 290 g/mol. The summed E-state index contributed by atoms with van der Waals surface area (Å²) in [5.74, 6) is -0.319. The van der Waals surface area contributed by atoms with Gasteiger partial charge >= 0.3 is 6.18 Å². The minimum Gasteiger partial charge on any atom is -0.381 e. The molecule has 0 spiro atoms. The lowest BCUT2D eigenvalue weighted by Gasteiger charge is -2.51. The van der Waals surface area contributed by atoms with Gasteiger partial charge in [0, 0.05) is 24.6 Å². The fourth-order valence-corrected chi connectivity index (χ4v) is 2.39. The van der Waals surface area contributed by atoms with E-state index in [9.17, 15) is 13.2 Å². The minimum atomic E-state index is -4.54. The summed E-state index contributed by atoms with van der Waals surface area (Å²) in [6, 6.07) is 0.842. The Morgan fingerprint density at radius 3 is 2.55 bits per heavy atom. The number of rotatable bonds is 3. The van der Waals surface area contributed by atoms with Crippen molar-refractivity contribution >= 4 is 11.8 Å². The second-order valence-electron chi connectivity index (χ2n) is 5.47. The van der Waals surface area contributed by atoms with Crippen molar-refractivity contribution in [2.24, 2.45) is 5.41 Å². The second kappa shape index (κ2) is 4.76. The number of hydrogen-bond acceptors (Lipinski definition) is 5. The number of alkyl halides is 3. The third-order valence-electron chi connectivity index (χ3n) is 3.82. The number of ether oxygens (including phenoxy) is 1. The van der Waals surface area contributed by atoms with Gasteiger partial charge in [0.1, 0.15) is 5.82 Å². The largest absolute Gasteiger partial charge is 0.433 e. The standard InChI is InChI=1S/C12H17F3N4O/c1-11(2)6(4-8(11)20-3)17-9-5-7(12(13,14)15)18-10(16)19-9/h5-6,8H,4H2,1-3H3,(H3,16,17,18,19). The Balaban J connectivity index is 2.17. The fourth-order valence-electron chi connectivity index (χ4n) is 2.39. The number of nitrogens with zero attached hydrogens (tertiary/aromatic N) is 2. The first-order valence-electron chi connectivity index (χ1n) is 6.15. The van der Waals surface area contributed by atoms with Gasteiger partial charge in [-0.1, -0.05) is 13.8 Å². The van der Waals surface area contributed by atoms with Crippen molar-refractivity contribution in [2.75, 3.05) is 18.2 Å². The summed E-state index contributed by atoms with van der Waals surface area (Å²) in [6.07, 6.45) is -3.77. The number of aromatic nitrogens is 2. The van der Waals surface area contributed by atoms with E-state index in [4.69, 9.17) is 10.5 Å². The van der Waals surface area contributed by atoms with Gasteiger partial charge < -0.3 is 15.8 Å². The molecule has 1 saturated carbocycles. The average Bonchev–Trinajstić information content (AvgIpc) is 2.32. The van der Waals surface area contributed by atoms with Crippen molar-refractivity contribution < 1.29 is 17.9 Å². The molecule has 2 unspecified atom stereocenters. The number of nitrogen functional groups attached to an aromatic ring is 1. The summed E-state index contributed by atoms with van der Waals surface area (Å²) in [4.78, 5) is 7.00. The number of halogens is 3. The van der Waals surface area contributed by atoms with Crippen LogP contribution >= 0.6 is 0 Å². The van der Waals surface area contributed by atoms with Gasteiger partial charge in [0.2, 0.25) is 5.95 Å². The quantitative estimate of drug-likeness (QED) is 0.893. The van der Waals surface area contributed by atoms with Crippen LogP contribution in [0.25, 0.3) is 0 Å². The van der Waals surface area contributed by atoms with Crippen LogP contribution in [0.1, 0.15) is 26.0 Å². The molecular formula is C12H17F3N4O. The van der Waals surface area contributed by atoms with Crippen molar-refractivity contribution in [3.63, 3.8) is 0 Å². The lowest BCUT2D eigenvalue weighted by molar-refractivity contribution is -0.141. The number of nitrogens with one attached hydrogen (secondary N) is 1. The summed E-state index contributed by atoms with van der Waals surface area (Å²) >= 11 is 0. The third-order valence-corrected chi connectivity index (χ3v) is 3.82. The van der Waals surface area contributed by atoms with Gasteiger partial charge in [0.15, 0.2) is 5.69 Å². The monoisotopic (exact) mass is 290 g/mol. The van der Waals surface area contributed by atoms with Crippen LogP contribution in [-0.4, -0.2) is 29.2 Å². The van der Waals surface area contributed by atoms with E-state index in [2.05, 4.69) is 15.3 Å². The van der Waals surface area contributed by atoms with E-state index in [0.29, 0.717) is 6.42 Å². The zero-order valence-corrected chi connectivity index (χ0v) is 11.5. The molecule has 1 heterocycles. The molecule has 1 aromatic rings. The smallest absolute Gasteiger partial charge is 0.381 e. The lowest BCUT2D eigenvalue weighted by Crippen LogP contribution is -2.57. The van der Waals surface area contributed by atoms with Crippen molar-refractivity contribution in [1.29, 1.82) is 0 Å². The summed E-state index contributed by atoms with van der Waals surface area (Å²) in [6.45, 7) is 3.97. The zero-order chi connectivity index (χ0) is 15.1. The molecule has 1 aromatic heterocycles. The van der Waals surface area contributed by atoms with Gasteiger partial charge in [-0.05, 0) is 6.42 Å². The predicted octanol–water partition coefficient (Wildman–Crippen LogP) is 2.30. The predicted molar refractivity (Wildman–Crippen MR) is 68.1 cm³/mol. The molecule has 2 atom stereocenters. The lowest BCUT2D eigenvalue weighted by atomic mass is 9.64. The van der Waals surface area contributed by atoms with E-state index in [-0.39, 0.29) is 23.4 Å². The first-order chi connectivity index (χ1) is 9.14. The molecule has 0 amide bonds. The summed E-state index contributed by atoms with van der Waals surface area (Å²) in [7, 11) is 1.62. The Labute approximate surface area is 114 Å². The highest BCUT2D eigenvalue weighted by Gasteiger charge is 2.48. The molecule has 1 aliphatic rings. The van der Waals surface area contributed by atoms with Crippen molar-refractivity contribution in [3.8, 4) is 0 Å². The van der Waals surface area contributed by atoms with Crippen LogP contribution in [-0.2, 0) is 10.9 Å². The first-order valence-corrected chi connectivity index (χ1v) is 6.15. The maximum Gasteiger partial charge on any atom is 0.433 e. The zero-order valence-electron chi connectivity index (χ0n) is 11.5. The van der Waals surface area contributed by atoms with E-state index >= 15 is 0 Å². The number of anilines is 2. The van der Waals surface area contributed by atoms with Crippen molar-refractivity contribution in [2.45, 2.75) is 38.6 Å². The molecule has 0 radical (unpaired) electrons. The van der Waals surface area contributed by atoms with E-state index in [1.807, 2.05) is 13.8 Å². The van der Waals surface area contributed by atoms with Crippen LogP contribution in [0.2, 0.25) is 0 Å². The van der Waals surface area contributed by atoms with Crippen LogP contribution < -0.4 is 11.1 Å². The molecule has 0 bridgehead atoms. The van der Waals surface area contributed by atoms with Gasteiger partial charge in [-0.3, -0.25) is 0 Å². The highest BCUT2D eigenvalue weighted by atomic mass is 19.4. The highest BCUT2D eigenvalue weighted by Crippen LogP contribution is 2.44. The third kappa shape index (κ3) is 2.65. The molecule has 20 heavy (non-hydrogen) atoms. The van der Waals surface area contributed by atoms with Crippen LogP contribution in [0.3, 0.4) is 0 Å². The van der Waals surface area contributed by atoms with Crippen LogP contribution in [0.4, 0.5) is 24.9 Å². The molecular weight excluding hydrogens is 273 g/mol. The SMILES string of the molecule is COC1CC(Nc2cc(C(F)(F)F)nc(N)n2)C1(C)C. The first kappa shape index (κ1) is 14.8. The van der Waals surface area contributed by atoms with Gasteiger partial charge in [0.25, 0.3) is 0 Å².